The number of hydrogen-bond acceptors (Lipinski definition) is 6. The van der Waals surface area contributed by atoms with E-state index in [1.165, 1.54) is 10.9 Å². The molecule has 0 N–H and O–H groups in total. The number of rotatable bonds is 5. The minimum absolute atomic E-state index is 0.254. The standard InChI is InChI=1S/C23H22N4O2/c1-28-20-9-3-6-17(13-20)22-25-23(29-26-22)19-10-12-27(15-19)14-18-7-2-5-16-8-4-11-24-21(16)18/h2-9,11,13,19H,10,12,14-15H2,1H3. The lowest BCUT2D eigenvalue weighted by Gasteiger charge is -2.16. The second kappa shape index (κ2) is 7.64. The molecule has 0 radical (unpaired) electrons. The van der Waals surface area contributed by atoms with Crippen LogP contribution in [0.15, 0.2) is 65.3 Å². The smallest absolute Gasteiger partial charge is 0.231 e. The average molecular weight is 386 g/mol. The maximum atomic E-state index is 5.60. The number of methoxy groups -OCH3 is 1. The molecule has 0 bridgehead atoms. The van der Waals surface area contributed by atoms with Crippen molar-refractivity contribution in [3.63, 3.8) is 0 Å². The molecule has 1 saturated heterocycles. The predicted octanol–water partition coefficient (Wildman–Crippen LogP) is 4.28. The lowest BCUT2D eigenvalue weighted by Crippen LogP contribution is -2.20. The Kier molecular flexibility index (Phi) is 4.69. The molecular formula is C23H22N4O2. The van der Waals surface area contributed by atoms with Gasteiger partial charge >= 0.3 is 0 Å². The molecule has 0 spiro atoms. The zero-order valence-electron chi connectivity index (χ0n) is 16.3. The highest BCUT2D eigenvalue weighted by atomic mass is 16.5. The third-order valence-corrected chi connectivity index (χ3v) is 5.50. The van der Waals surface area contributed by atoms with Crippen LogP contribution in [0.5, 0.6) is 5.75 Å². The average Bonchev–Trinajstić information content (AvgIpc) is 3.44. The molecule has 29 heavy (non-hydrogen) atoms. The third-order valence-electron chi connectivity index (χ3n) is 5.50. The van der Waals surface area contributed by atoms with Crippen molar-refractivity contribution >= 4 is 10.9 Å². The van der Waals surface area contributed by atoms with Gasteiger partial charge in [0.1, 0.15) is 5.75 Å². The Morgan fingerprint density at radius 2 is 2.03 bits per heavy atom. The fourth-order valence-corrected chi connectivity index (χ4v) is 3.99. The Bertz CT molecular complexity index is 1140. The monoisotopic (exact) mass is 386 g/mol. The van der Waals surface area contributed by atoms with Gasteiger partial charge in [-0.15, -0.1) is 0 Å². The van der Waals surface area contributed by atoms with Crippen molar-refractivity contribution in [3.05, 3.63) is 72.2 Å². The van der Waals surface area contributed by atoms with Gasteiger partial charge in [-0.3, -0.25) is 9.88 Å². The quantitative estimate of drug-likeness (QED) is 0.510. The van der Waals surface area contributed by atoms with Crippen LogP contribution in [0, 0.1) is 0 Å². The van der Waals surface area contributed by atoms with Crippen LogP contribution in [-0.2, 0) is 6.54 Å². The molecule has 0 amide bonds. The second-order valence-corrected chi connectivity index (χ2v) is 7.40. The molecule has 6 nitrogen and oxygen atoms in total. The van der Waals surface area contributed by atoms with Gasteiger partial charge in [0.05, 0.1) is 18.5 Å². The normalized spacial score (nSPS) is 17.1. The molecule has 1 atom stereocenters. The summed E-state index contributed by atoms with van der Waals surface area (Å²) in [6, 6.07) is 18.2. The summed E-state index contributed by atoms with van der Waals surface area (Å²) in [4.78, 5) is 11.7. The fourth-order valence-electron chi connectivity index (χ4n) is 3.99. The van der Waals surface area contributed by atoms with Crippen LogP contribution < -0.4 is 4.74 Å². The van der Waals surface area contributed by atoms with Gasteiger partial charge in [0.25, 0.3) is 0 Å². The van der Waals surface area contributed by atoms with E-state index in [2.05, 4.69) is 44.3 Å². The molecule has 146 valence electrons. The van der Waals surface area contributed by atoms with Gasteiger partial charge in [-0.1, -0.05) is 41.6 Å². The van der Waals surface area contributed by atoms with E-state index < -0.39 is 0 Å². The van der Waals surface area contributed by atoms with Gasteiger partial charge in [0.15, 0.2) is 0 Å². The molecule has 1 aliphatic rings. The Hall–Kier alpha value is -3.25. The van der Waals surface area contributed by atoms with Crippen LogP contribution in [0.3, 0.4) is 0 Å². The number of likely N-dealkylation sites (tertiary alicyclic amines) is 1. The van der Waals surface area contributed by atoms with Crippen molar-refractivity contribution in [1.29, 1.82) is 0 Å². The summed E-state index contributed by atoms with van der Waals surface area (Å²) in [6.45, 7) is 2.79. The molecule has 2 aromatic carbocycles. The molecule has 6 heteroatoms. The minimum Gasteiger partial charge on any atom is -0.497 e. The van der Waals surface area contributed by atoms with Crippen molar-refractivity contribution < 1.29 is 9.26 Å². The molecule has 1 aliphatic heterocycles. The van der Waals surface area contributed by atoms with Crippen LogP contribution in [-0.4, -0.2) is 40.2 Å². The molecule has 4 aromatic rings. The number of pyridine rings is 1. The molecule has 3 heterocycles. The lowest BCUT2D eigenvalue weighted by atomic mass is 10.1. The molecule has 0 saturated carbocycles. The van der Waals surface area contributed by atoms with E-state index in [4.69, 9.17) is 9.26 Å². The summed E-state index contributed by atoms with van der Waals surface area (Å²) >= 11 is 0. The number of aromatic nitrogens is 3. The predicted molar refractivity (Wildman–Crippen MR) is 111 cm³/mol. The number of para-hydroxylation sites is 1. The zero-order chi connectivity index (χ0) is 19.6. The Morgan fingerprint density at radius 1 is 1.14 bits per heavy atom. The van der Waals surface area contributed by atoms with E-state index in [0.29, 0.717) is 11.7 Å². The Labute approximate surface area is 169 Å². The largest absolute Gasteiger partial charge is 0.497 e. The van der Waals surface area contributed by atoms with Gasteiger partial charge in [-0.25, -0.2) is 0 Å². The molecule has 2 aromatic heterocycles. The van der Waals surface area contributed by atoms with Gasteiger partial charge < -0.3 is 9.26 Å². The summed E-state index contributed by atoms with van der Waals surface area (Å²) in [5.74, 6) is 2.35. The highest BCUT2D eigenvalue weighted by Crippen LogP contribution is 2.30. The van der Waals surface area contributed by atoms with E-state index >= 15 is 0 Å². The van der Waals surface area contributed by atoms with E-state index in [1.54, 1.807) is 7.11 Å². The van der Waals surface area contributed by atoms with Crippen LogP contribution in [0.25, 0.3) is 22.3 Å². The van der Waals surface area contributed by atoms with Crippen LogP contribution in [0.4, 0.5) is 0 Å². The number of benzene rings is 2. The maximum absolute atomic E-state index is 5.60. The highest BCUT2D eigenvalue weighted by Gasteiger charge is 2.29. The maximum Gasteiger partial charge on any atom is 0.231 e. The Balaban J connectivity index is 1.30. The zero-order valence-corrected chi connectivity index (χ0v) is 16.3. The van der Waals surface area contributed by atoms with Gasteiger partial charge in [0, 0.05) is 30.2 Å². The van der Waals surface area contributed by atoms with Crippen molar-refractivity contribution in [2.75, 3.05) is 20.2 Å². The van der Waals surface area contributed by atoms with Crippen LogP contribution in [0.2, 0.25) is 0 Å². The van der Waals surface area contributed by atoms with Gasteiger partial charge in [-0.2, -0.15) is 4.98 Å². The number of hydrogen-bond donors (Lipinski definition) is 0. The van der Waals surface area contributed by atoms with Crippen molar-refractivity contribution in [2.45, 2.75) is 18.9 Å². The first-order valence-corrected chi connectivity index (χ1v) is 9.83. The first-order chi connectivity index (χ1) is 14.3. The highest BCUT2D eigenvalue weighted by molar-refractivity contribution is 5.81. The molecular weight excluding hydrogens is 364 g/mol. The SMILES string of the molecule is COc1cccc(-c2noc(C3CCN(Cc4cccc5cccnc45)C3)n2)c1. The summed E-state index contributed by atoms with van der Waals surface area (Å²) in [5, 5.41) is 5.37. The summed E-state index contributed by atoms with van der Waals surface area (Å²) in [5.41, 5.74) is 3.24. The molecule has 0 aliphatic carbocycles. The van der Waals surface area contributed by atoms with E-state index in [-0.39, 0.29) is 5.92 Å². The number of ether oxygens (including phenoxy) is 1. The summed E-state index contributed by atoms with van der Waals surface area (Å²) in [6.07, 6.45) is 2.87. The Morgan fingerprint density at radius 3 is 2.97 bits per heavy atom. The van der Waals surface area contributed by atoms with Crippen molar-refractivity contribution in [3.8, 4) is 17.1 Å². The summed E-state index contributed by atoms with van der Waals surface area (Å²) in [7, 11) is 1.65. The first kappa shape index (κ1) is 17.8. The molecule has 5 rings (SSSR count). The van der Waals surface area contributed by atoms with E-state index in [9.17, 15) is 0 Å². The molecule has 1 fully saturated rings. The van der Waals surface area contributed by atoms with E-state index in [1.807, 2.05) is 36.5 Å². The lowest BCUT2D eigenvalue weighted by molar-refractivity contribution is 0.310. The van der Waals surface area contributed by atoms with Crippen molar-refractivity contribution in [2.24, 2.45) is 0 Å². The van der Waals surface area contributed by atoms with Crippen LogP contribution >= 0.6 is 0 Å². The second-order valence-electron chi connectivity index (χ2n) is 7.40. The van der Waals surface area contributed by atoms with E-state index in [0.717, 1.165) is 42.9 Å². The topological polar surface area (TPSA) is 64.3 Å². The third kappa shape index (κ3) is 3.59. The van der Waals surface area contributed by atoms with Gasteiger partial charge in [0.2, 0.25) is 11.7 Å². The summed E-state index contributed by atoms with van der Waals surface area (Å²) < 4.78 is 10.9. The minimum atomic E-state index is 0.254. The van der Waals surface area contributed by atoms with Gasteiger partial charge in [-0.05, 0) is 36.7 Å². The van der Waals surface area contributed by atoms with Crippen LogP contribution in [0.1, 0.15) is 23.8 Å². The first-order valence-electron chi connectivity index (χ1n) is 9.83. The van der Waals surface area contributed by atoms with Crippen molar-refractivity contribution in [1.82, 2.24) is 20.0 Å². The molecule has 1 unspecified atom stereocenters. The number of fused-ring (bicyclic) bond motifs is 1. The number of nitrogens with zero attached hydrogens (tertiary/aromatic N) is 4. The fraction of sp³-hybridized carbons (Fsp3) is 0.261.